The maximum absolute atomic E-state index is 5.89. The van der Waals surface area contributed by atoms with Crippen LogP contribution in [0.1, 0.15) is 18.9 Å². The first-order valence-electron chi connectivity index (χ1n) is 7.33. The van der Waals surface area contributed by atoms with E-state index >= 15 is 0 Å². The molecule has 1 aliphatic rings. The minimum atomic E-state index is 0.626. The topological polar surface area (TPSA) is 12.5 Å². The largest absolute Gasteiger partial charge is 0.489 e. The Morgan fingerprint density at radius 2 is 1.95 bits per heavy atom. The number of nitrogens with zero attached hydrogens (tertiary/aromatic N) is 1. The van der Waals surface area contributed by atoms with Crippen LogP contribution in [0.4, 0.5) is 5.69 Å². The van der Waals surface area contributed by atoms with E-state index < -0.39 is 0 Å². The molecule has 2 nitrogen and oxygen atoms in total. The Hall–Kier alpha value is -1.96. The minimum absolute atomic E-state index is 0.626. The molecule has 0 unspecified atom stereocenters. The summed E-state index contributed by atoms with van der Waals surface area (Å²) in [6.07, 6.45) is 1.29. The van der Waals surface area contributed by atoms with Gasteiger partial charge >= 0.3 is 0 Å². The van der Waals surface area contributed by atoms with E-state index in [1.54, 1.807) is 0 Å². The van der Waals surface area contributed by atoms with Crippen molar-refractivity contribution in [1.82, 2.24) is 0 Å². The lowest BCUT2D eigenvalue weighted by molar-refractivity contribution is 0.306. The van der Waals surface area contributed by atoms with Gasteiger partial charge in [-0.05, 0) is 30.0 Å². The van der Waals surface area contributed by atoms with E-state index in [2.05, 4.69) is 42.2 Å². The zero-order valence-corrected chi connectivity index (χ0v) is 12.0. The molecule has 2 aromatic carbocycles. The molecule has 2 heteroatoms. The van der Waals surface area contributed by atoms with Crippen LogP contribution < -0.4 is 9.64 Å². The summed E-state index contributed by atoms with van der Waals surface area (Å²) in [5.41, 5.74) is 2.48. The van der Waals surface area contributed by atoms with Crippen molar-refractivity contribution in [2.45, 2.75) is 20.0 Å². The molecule has 0 aliphatic carbocycles. The predicted molar refractivity (Wildman–Crippen MR) is 83.2 cm³/mol. The molecule has 1 atom stereocenters. The molecule has 0 aromatic heterocycles. The van der Waals surface area contributed by atoms with E-state index in [-0.39, 0.29) is 0 Å². The summed E-state index contributed by atoms with van der Waals surface area (Å²) in [6.45, 7) is 5.25. The van der Waals surface area contributed by atoms with Gasteiger partial charge in [0.1, 0.15) is 12.4 Å². The molecule has 104 valence electrons. The van der Waals surface area contributed by atoms with Gasteiger partial charge < -0.3 is 9.64 Å². The monoisotopic (exact) mass is 267 g/mol. The van der Waals surface area contributed by atoms with Crippen LogP contribution in [0.25, 0.3) is 0 Å². The first-order valence-corrected chi connectivity index (χ1v) is 7.33. The van der Waals surface area contributed by atoms with Gasteiger partial charge in [0.15, 0.2) is 0 Å². The second-order valence-electron chi connectivity index (χ2n) is 5.61. The minimum Gasteiger partial charge on any atom is -0.489 e. The van der Waals surface area contributed by atoms with Crippen LogP contribution in [0.2, 0.25) is 0 Å². The lowest BCUT2D eigenvalue weighted by Crippen LogP contribution is -2.18. The quantitative estimate of drug-likeness (QED) is 0.826. The standard InChI is InChI=1S/C18H21NO/c1-15-10-11-19(13-15)17-8-5-9-18(12-17)20-14-16-6-3-2-4-7-16/h2-9,12,15H,10-11,13-14H2,1H3/t15-/m1/s1. The van der Waals surface area contributed by atoms with Crippen molar-refractivity contribution in [1.29, 1.82) is 0 Å². The van der Waals surface area contributed by atoms with Crippen molar-refractivity contribution in [3.63, 3.8) is 0 Å². The van der Waals surface area contributed by atoms with E-state index in [4.69, 9.17) is 4.74 Å². The molecule has 0 radical (unpaired) electrons. The molecule has 20 heavy (non-hydrogen) atoms. The molecule has 0 spiro atoms. The summed E-state index contributed by atoms with van der Waals surface area (Å²) in [6, 6.07) is 18.7. The lowest BCUT2D eigenvalue weighted by atomic mass is 10.2. The Kier molecular flexibility index (Phi) is 3.91. The van der Waals surface area contributed by atoms with Gasteiger partial charge in [-0.1, -0.05) is 43.3 Å². The summed E-state index contributed by atoms with van der Waals surface area (Å²) in [5, 5.41) is 0. The summed E-state index contributed by atoms with van der Waals surface area (Å²) < 4.78 is 5.89. The van der Waals surface area contributed by atoms with Gasteiger partial charge in [-0.15, -0.1) is 0 Å². The van der Waals surface area contributed by atoms with Gasteiger partial charge in [0.05, 0.1) is 0 Å². The zero-order chi connectivity index (χ0) is 13.8. The van der Waals surface area contributed by atoms with E-state index in [1.165, 1.54) is 17.7 Å². The molecule has 0 bridgehead atoms. The Bertz CT molecular complexity index is 552. The Morgan fingerprint density at radius 3 is 2.70 bits per heavy atom. The third-order valence-electron chi connectivity index (χ3n) is 3.85. The Labute approximate surface area is 121 Å². The van der Waals surface area contributed by atoms with E-state index in [0.29, 0.717) is 6.61 Å². The van der Waals surface area contributed by atoms with Crippen LogP contribution in [0, 0.1) is 5.92 Å². The summed E-state index contributed by atoms with van der Waals surface area (Å²) in [5.74, 6) is 1.75. The molecule has 3 rings (SSSR count). The number of ether oxygens (including phenoxy) is 1. The highest BCUT2D eigenvalue weighted by molar-refractivity contribution is 5.51. The van der Waals surface area contributed by atoms with Crippen molar-refractivity contribution >= 4 is 5.69 Å². The second kappa shape index (κ2) is 6.00. The third-order valence-corrected chi connectivity index (χ3v) is 3.85. The van der Waals surface area contributed by atoms with E-state index in [1.807, 2.05) is 24.3 Å². The Balaban J connectivity index is 1.65. The fourth-order valence-corrected chi connectivity index (χ4v) is 2.68. The molecule has 2 aromatic rings. The molecule has 1 aliphatic heterocycles. The van der Waals surface area contributed by atoms with Crippen molar-refractivity contribution in [3.05, 3.63) is 60.2 Å². The molecule has 1 saturated heterocycles. The van der Waals surface area contributed by atoms with Gasteiger partial charge in [0, 0.05) is 24.8 Å². The van der Waals surface area contributed by atoms with Crippen molar-refractivity contribution in [2.75, 3.05) is 18.0 Å². The average Bonchev–Trinajstić information content (AvgIpc) is 2.93. The summed E-state index contributed by atoms with van der Waals surface area (Å²) >= 11 is 0. The number of hydrogen-bond donors (Lipinski definition) is 0. The first-order chi connectivity index (χ1) is 9.81. The number of rotatable bonds is 4. The van der Waals surface area contributed by atoms with Crippen molar-refractivity contribution < 1.29 is 4.74 Å². The fourth-order valence-electron chi connectivity index (χ4n) is 2.68. The highest BCUT2D eigenvalue weighted by Gasteiger charge is 2.18. The van der Waals surface area contributed by atoms with Crippen LogP contribution >= 0.6 is 0 Å². The first kappa shape index (κ1) is 13.0. The van der Waals surface area contributed by atoms with Crippen molar-refractivity contribution in [2.24, 2.45) is 5.92 Å². The number of anilines is 1. The van der Waals surface area contributed by atoms with Gasteiger partial charge in [-0.2, -0.15) is 0 Å². The molecule has 0 saturated carbocycles. The van der Waals surface area contributed by atoms with Gasteiger partial charge in [-0.3, -0.25) is 0 Å². The van der Waals surface area contributed by atoms with Gasteiger partial charge in [-0.25, -0.2) is 0 Å². The maximum atomic E-state index is 5.89. The van der Waals surface area contributed by atoms with Crippen LogP contribution in [0.5, 0.6) is 5.75 Å². The highest BCUT2D eigenvalue weighted by Crippen LogP contribution is 2.27. The average molecular weight is 267 g/mol. The number of hydrogen-bond acceptors (Lipinski definition) is 2. The summed E-state index contributed by atoms with van der Waals surface area (Å²) in [4.78, 5) is 2.44. The molecular weight excluding hydrogens is 246 g/mol. The fraction of sp³-hybridized carbons (Fsp3) is 0.333. The van der Waals surface area contributed by atoms with Crippen LogP contribution in [-0.4, -0.2) is 13.1 Å². The van der Waals surface area contributed by atoms with Gasteiger partial charge in [0.2, 0.25) is 0 Å². The van der Waals surface area contributed by atoms with E-state index in [0.717, 1.165) is 24.8 Å². The van der Waals surface area contributed by atoms with Crippen LogP contribution in [-0.2, 0) is 6.61 Å². The predicted octanol–water partition coefficient (Wildman–Crippen LogP) is 4.11. The maximum Gasteiger partial charge on any atom is 0.121 e. The SMILES string of the molecule is C[C@@H]1CCN(c2cccc(OCc3ccccc3)c2)C1. The smallest absolute Gasteiger partial charge is 0.121 e. The molecular formula is C18H21NO. The third kappa shape index (κ3) is 3.13. The van der Waals surface area contributed by atoms with Crippen LogP contribution in [0.15, 0.2) is 54.6 Å². The summed E-state index contributed by atoms with van der Waals surface area (Å²) in [7, 11) is 0. The molecule has 1 heterocycles. The normalized spacial score (nSPS) is 18.2. The Morgan fingerprint density at radius 1 is 1.10 bits per heavy atom. The lowest BCUT2D eigenvalue weighted by Gasteiger charge is -2.19. The van der Waals surface area contributed by atoms with E-state index in [9.17, 15) is 0 Å². The molecule has 0 N–H and O–H groups in total. The highest BCUT2D eigenvalue weighted by atomic mass is 16.5. The second-order valence-corrected chi connectivity index (χ2v) is 5.61. The zero-order valence-electron chi connectivity index (χ0n) is 12.0. The van der Waals surface area contributed by atoms with Crippen molar-refractivity contribution in [3.8, 4) is 5.75 Å². The van der Waals surface area contributed by atoms with Crippen LogP contribution in [0.3, 0.4) is 0 Å². The van der Waals surface area contributed by atoms with Gasteiger partial charge in [0.25, 0.3) is 0 Å². The number of benzene rings is 2. The molecule has 0 amide bonds. The molecule has 1 fully saturated rings.